The van der Waals surface area contributed by atoms with Crippen LogP contribution in [0.4, 0.5) is 0 Å². The summed E-state index contributed by atoms with van der Waals surface area (Å²) in [6.07, 6.45) is 5.81. The van der Waals surface area contributed by atoms with Crippen molar-refractivity contribution in [2.75, 3.05) is 6.26 Å². The molecular weight excluding hydrogens is 280 g/mol. The second-order valence-electron chi connectivity index (χ2n) is 4.57. The van der Waals surface area contributed by atoms with Crippen molar-refractivity contribution in [3.05, 3.63) is 70.3 Å². The number of hydrogen-bond acceptors (Lipinski definition) is 3. The fourth-order valence-electron chi connectivity index (χ4n) is 2.07. The molecule has 0 aliphatic carbocycles. The summed E-state index contributed by atoms with van der Waals surface area (Å²) in [7, 11) is 0. The molecule has 0 saturated heterocycles. The van der Waals surface area contributed by atoms with Gasteiger partial charge in [-0.05, 0) is 42.2 Å². The van der Waals surface area contributed by atoms with Gasteiger partial charge in [0.1, 0.15) is 5.82 Å². The number of H-pyrrole nitrogens is 1. The normalized spacial score (nSPS) is 11.3. The molecule has 21 heavy (non-hydrogen) atoms. The van der Waals surface area contributed by atoms with Crippen LogP contribution in [0.3, 0.4) is 0 Å². The average Bonchev–Trinajstić information content (AvgIpc) is 2.53. The largest absolute Gasteiger partial charge is 0.306 e. The first-order chi connectivity index (χ1) is 10.3. The second-order valence-corrected chi connectivity index (χ2v) is 5.45. The molecule has 2 aromatic carbocycles. The summed E-state index contributed by atoms with van der Waals surface area (Å²) in [5.74, 6) is 0.563. The van der Waals surface area contributed by atoms with Crippen molar-refractivity contribution in [3.8, 4) is 0 Å². The molecule has 0 saturated carbocycles. The second kappa shape index (κ2) is 5.97. The average molecular weight is 294 g/mol. The van der Waals surface area contributed by atoms with Gasteiger partial charge in [0.25, 0.3) is 5.56 Å². The predicted molar refractivity (Wildman–Crippen MR) is 89.5 cm³/mol. The van der Waals surface area contributed by atoms with Crippen molar-refractivity contribution in [3.63, 3.8) is 0 Å². The van der Waals surface area contributed by atoms with Gasteiger partial charge in [0.2, 0.25) is 0 Å². The molecule has 4 heteroatoms. The van der Waals surface area contributed by atoms with E-state index in [1.54, 1.807) is 17.8 Å². The van der Waals surface area contributed by atoms with Gasteiger partial charge in [0, 0.05) is 4.90 Å². The van der Waals surface area contributed by atoms with Gasteiger partial charge in [-0.1, -0.05) is 30.3 Å². The first-order valence-corrected chi connectivity index (χ1v) is 7.80. The summed E-state index contributed by atoms with van der Waals surface area (Å²) in [4.78, 5) is 20.4. The van der Waals surface area contributed by atoms with Crippen LogP contribution in [0.2, 0.25) is 0 Å². The molecule has 1 N–H and O–H groups in total. The van der Waals surface area contributed by atoms with E-state index in [0.29, 0.717) is 16.7 Å². The minimum atomic E-state index is -0.113. The molecule has 0 aliphatic rings. The molecule has 0 amide bonds. The van der Waals surface area contributed by atoms with Crippen molar-refractivity contribution >= 4 is 34.8 Å². The lowest BCUT2D eigenvalue weighted by molar-refractivity contribution is 1.14. The number of benzene rings is 2. The molecule has 3 nitrogen and oxygen atoms in total. The molecule has 0 spiro atoms. The number of hydrogen-bond donors (Lipinski definition) is 1. The highest BCUT2D eigenvalue weighted by molar-refractivity contribution is 7.98. The van der Waals surface area contributed by atoms with Gasteiger partial charge in [-0.25, -0.2) is 4.98 Å². The predicted octanol–water partition coefficient (Wildman–Crippen LogP) is 3.82. The Balaban J connectivity index is 1.93. The van der Waals surface area contributed by atoms with Crippen molar-refractivity contribution in [2.24, 2.45) is 0 Å². The number of rotatable bonds is 3. The monoisotopic (exact) mass is 294 g/mol. The molecule has 3 rings (SSSR count). The zero-order valence-electron chi connectivity index (χ0n) is 11.5. The SMILES string of the molecule is CSc1ccc(/C=C/c2nc3ccccc3c(=O)[nH]2)cc1. The van der Waals surface area contributed by atoms with Crippen molar-refractivity contribution in [2.45, 2.75) is 4.90 Å². The molecule has 104 valence electrons. The van der Waals surface area contributed by atoms with Crippen LogP contribution in [-0.4, -0.2) is 16.2 Å². The van der Waals surface area contributed by atoms with Crippen LogP contribution in [0.25, 0.3) is 23.1 Å². The molecule has 0 bridgehead atoms. The number of thioether (sulfide) groups is 1. The molecule has 1 heterocycles. The van der Waals surface area contributed by atoms with Gasteiger partial charge in [-0.2, -0.15) is 0 Å². The van der Waals surface area contributed by atoms with Gasteiger partial charge < -0.3 is 4.98 Å². The van der Waals surface area contributed by atoms with E-state index in [2.05, 4.69) is 28.4 Å². The Morgan fingerprint density at radius 2 is 1.81 bits per heavy atom. The van der Waals surface area contributed by atoms with Gasteiger partial charge in [-0.15, -0.1) is 11.8 Å². The summed E-state index contributed by atoms with van der Waals surface area (Å²) in [5, 5.41) is 0.610. The third-order valence-corrected chi connectivity index (χ3v) is 3.92. The highest BCUT2D eigenvalue weighted by Gasteiger charge is 2.00. The van der Waals surface area contributed by atoms with Gasteiger partial charge in [-0.3, -0.25) is 4.79 Å². The van der Waals surface area contributed by atoms with Gasteiger partial charge in [0.15, 0.2) is 0 Å². The summed E-state index contributed by atoms with van der Waals surface area (Å²) < 4.78 is 0. The molecule has 0 radical (unpaired) electrons. The Kier molecular flexibility index (Phi) is 3.88. The number of fused-ring (bicyclic) bond motifs is 1. The highest BCUT2D eigenvalue weighted by Crippen LogP contribution is 2.16. The van der Waals surface area contributed by atoms with Crippen LogP contribution in [0, 0.1) is 0 Å². The number of nitrogens with zero attached hydrogens (tertiary/aromatic N) is 1. The molecule has 0 fully saturated rings. The van der Waals surface area contributed by atoms with Crippen LogP contribution < -0.4 is 5.56 Å². The summed E-state index contributed by atoms with van der Waals surface area (Å²) in [6.45, 7) is 0. The van der Waals surface area contributed by atoms with E-state index in [1.807, 2.05) is 42.5 Å². The Hall–Kier alpha value is -2.33. The third kappa shape index (κ3) is 3.06. The zero-order valence-corrected chi connectivity index (χ0v) is 12.4. The van der Waals surface area contributed by atoms with Crippen LogP contribution in [-0.2, 0) is 0 Å². The standard InChI is InChI=1S/C17H14N2OS/c1-21-13-9-6-12(7-10-13)8-11-16-18-15-5-3-2-4-14(15)17(20)19-16/h2-11H,1H3,(H,18,19,20)/b11-8+. The van der Waals surface area contributed by atoms with Crippen molar-refractivity contribution < 1.29 is 0 Å². The maximum absolute atomic E-state index is 12.0. The molecule has 1 aromatic heterocycles. The third-order valence-electron chi connectivity index (χ3n) is 3.18. The van der Waals surface area contributed by atoms with Gasteiger partial charge >= 0.3 is 0 Å². The molecule has 0 atom stereocenters. The van der Waals surface area contributed by atoms with E-state index < -0.39 is 0 Å². The lowest BCUT2D eigenvalue weighted by Gasteiger charge is -1.99. The van der Waals surface area contributed by atoms with E-state index in [4.69, 9.17) is 0 Å². The maximum atomic E-state index is 12.0. The van der Waals surface area contributed by atoms with Crippen LogP contribution in [0.5, 0.6) is 0 Å². The van der Waals surface area contributed by atoms with Crippen molar-refractivity contribution in [1.82, 2.24) is 9.97 Å². The Bertz CT molecular complexity index is 851. The van der Waals surface area contributed by atoms with E-state index in [9.17, 15) is 4.79 Å². The molecule has 3 aromatic rings. The van der Waals surface area contributed by atoms with Crippen LogP contribution in [0.15, 0.2) is 58.2 Å². The number of para-hydroxylation sites is 1. The lowest BCUT2D eigenvalue weighted by Crippen LogP contribution is -2.09. The number of nitrogens with one attached hydrogen (secondary N) is 1. The minimum absolute atomic E-state index is 0.113. The number of aromatic nitrogens is 2. The first kappa shape index (κ1) is 13.6. The van der Waals surface area contributed by atoms with Gasteiger partial charge in [0.05, 0.1) is 10.9 Å². The van der Waals surface area contributed by atoms with E-state index in [-0.39, 0.29) is 5.56 Å². The highest BCUT2D eigenvalue weighted by atomic mass is 32.2. The smallest absolute Gasteiger partial charge is 0.259 e. The topological polar surface area (TPSA) is 45.8 Å². The summed E-state index contributed by atoms with van der Waals surface area (Å²) >= 11 is 1.71. The first-order valence-electron chi connectivity index (χ1n) is 6.57. The summed E-state index contributed by atoms with van der Waals surface area (Å²) in [6, 6.07) is 15.6. The Labute approximate surface area is 126 Å². The molecular formula is C17H14N2OS. The van der Waals surface area contributed by atoms with E-state index in [1.165, 1.54) is 4.90 Å². The quantitative estimate of drug-likeness (QED) is 0.747. The maximum Gasteiger partial charge on any atom is 0.259 e. The minimum Gasteiger partial charge on any atom is -0.306 e. The zero-order chi connectivity index (χ0) is 14.7. The fraction of sp³-hybridized carbons (Fsp3) is 0.0588. The van der Waals surface area contributed by atoms with Crippen LogP contribution in [0.1, 0.15) is 11.4 Å². The molecule has 0 unspecified atom stereocenters. The summed E-state index contributed by atoms with van der Waals surface area (Å²) in [5.41, 5.74) is 1.67. The number of aromatic amines is 1. The lowest BCUT2D eigenvalue weighted by atomic mass is 10.2. The fourth-order valence-corrected chi connectivity index (χ4v) is 2.48. The van der Waals surface area contributed by atoms with E-state index >= 15 is 0 Å². The van der Waals surface area contributed by atoms with Crippen molar-refractivity contribution in [1.29, 1.82) is 0 Å². The van der Waals surface area contributed by atoms with E-state index in [0.717, 1.165) is 5.56 Å². The Morgan fingerprint density at radius 1 is 1.05 bits per heavy atom. The molecule has 0 aliphatic heterocycles. The Morgan fingerprint density at radius 3 is 2.57 bits per heavy atom. The van der Waals surface area contributed by atoms with Crippen LogP contribution >= 0.6 is 11.8 Å².